The fraction of sp³-hybridized carbons (Fsp3) is 0.111. The summed E-state index contributed by atoms with van der Waals surface area (Å²) in [5, 5.41) is 21.9. The molecule has 5 rings (SSSR count). The van der Waals surface area contributed by atoms with Crippen LogP contribution in [0, 0.1) is 35.0 Å². The third-order valence-electron chi connectivity index (χ3n) is 6.00. The van der Waals surface area contributed by atoms with Crippen LogP contribution in [-0.2, 0) is 0 Å². The molecule has 1 aliphatic rings. The molecule has 1 atom stereocenters. The van der Waals surface area contributed by atoms with Crippen LogP contribution < -0.4 is 0 Å². The highest BCUT2D eigenvalue weighted by Crippen LogP contribution is 2.56. The van der Waals surface area contributed by atoms with E-state index in [1.54, 1.807) is 0 Å². The van der Waals surface area contributed by atoms with Crippen molar-refractivity contribution in [1.29, 1.82) is 10.5 Å². The minimum atomic E-state index is -1.32. The van der Waals surface area contributed by atoms with Crippen LogP contribution in [0.2, 0.25) is 0 Å². The number of nitrogens with zero attached hydrogens (tertiary/aromatic N) is 3. The topological polar surface area (TPSA) is 52.5 Å². The lowest BCUT2D eigenvalue weighted by Crippen LogP contribution is -2.26. The van der Waals surface area contributed by atoms with E-state index in [-0.39, 0.29) is 0 Å². The van der Waals surface area contributed by atoms with E-state index < -0.39 is 11.5 Å². The molecule has 1 aliphatic carbocycles. The maximum Gasteiger partial charge on any atom is 0.193 e. The van der Waals surface area contributed by atoms with E-state index in [1.165, 1.54) is 5.56 Å². The van der Waals surface area contributed by atoms with E-state index >= 15 is 0 Å². The van der Waals surface area contributed by atoms with Crippen molar-refractivity contribution in [2.75, 3.05) is 0 Å². The van der Waals surface area contributed by atoms with Crippen LogP contribution in [0.1, 0.15) is 28.3 Å². The smallest absolute Gasteiger partial charge is 0.193 e. The summed E-state index contributed by atoms with van der Waals surface area (Å²) in [5.74, 6) is 0. The van der Waals surface area contributed by atoms with Gasteiger partial charge >= 0.3 is 0 Å². The van der Waals surface area contributed by atoms with Gasteiger partial charge in [0.15, 0.2) is 5.41 Å². The molecule has 0 aliphatic heterocycles. The SMILES string of the molecule is Cc1ccc2c(ccn2C2c3ccccc3/C(=C/c3ccccc3)C2(C#N)C#N)c1. The molecule has 4 aromatic rings. The molecule has 3 heteroatoms. The largest absolute Gasteiger partial charge is 0.337 e. The molecule has 1 heterocycles. The second kappa shape index (κ2) is 6.76. The van der Waals surface area contributed by atoms with Gasteiger partial charge in [-0.1, -0.05) is 66.2 Å². The van der Waals surface area contributed by atoms with Gasteiger partial charge in [-0.2, -0.15) is 10.5 Å². The average molecular weight is 385 g/mol. The zero-order valence-corrected chi connectivity index (χ0v) is 16.6. The number of aromatic nitrogens is 1. The van der Waals surface area contributed by atoms with E-state index in [0.29, 0.717) is 0 Å². The third-order valence-corrected chi connectivity index (χ3v) is 6.00. The summed E-state index contributed by atoms with van der Waals surface area (Å²) >= 11 is 0. The van der Waals surface area contributed by atoms with E-state index in [0.717, 1.165) is 33.2 Å². The van der Waals surface area contributed by atoms with Gasteiger partial charge in [-0.3, -0.25) is 0 Å². The zero-order chi connectivity index (χ0) is 20.7. The maximum atomic E-state index is 10.4. The van der Waals surface area contributed by atoms with Crippen molar-refractivity contribution < 1.29 is 0 Å². The number of allylic oxidation sites excluding steroid dienone is 1. The monoisotopic (exact) mass is 385 g/mol. The van der Waals surface area contributed by atoms with Crippen molar-refractivity contribution >= 4 is 22.6 Å². The third kappa shape index (κ3) is 2.50. The first-order chi connectivity index (χ1) is 14.7. The molecule has 142 valence electrons. The number of benzene rings is 3. The lowest BCUT2D eigenvalue weighted by Gasteiger charge is -2.26. The van der Waals surface area contributed by atoms with E-state index in [2.05, 4.69) is 47.9 Å². The van der Waals surface area contributed by atoms with Crippen LogP contribution in [0.3, 0.4) is 0 Å². The van der Waals surface area contributed by atoms with Crippen LogP contribution in [0.15, 0.2) is 85.1 Å². The summed E-state index contributed by atoms with van der Waals surface area (Å²) < 4.78 is 2.09. The van der Waals surface area contributed by atoms with Gasteiger partial charge in [0.2, 0.25) is 0 Å². The molecule has 0 N–H and O–H groups in total. The second-order valence-corrected chi connectivity index (χ2v) is 7.78. The number of hydrogen-bond donors (Lipinski definition) is 0. The lowest BCUT2D eigenvalue weighted by molar-refractivity contribution is 0.482. The Hall–Kier alpha value is -4.08. The molecule has 3 aromatic carbocycles. The highest BCUT2D eigenvalue weighted by molar-refractivity contribution is 5.94. The number of fused-ring (bicyclic) bond motifs is 2. The Morgan fingerprint density at radius 3 is 2.40 bits per heavy atom. The fourth-order valence-corrected chi connectivity index (χ4v) is 4.62. The number of nitriles is 2. The standard InChI is InChI=1S/C27H19N3/c1-19-11-12-25-21(15-19)13-14-30(25)26-23-10-6-5-9-22(23)24(27(26,17-28)18-29)16-20-7-3-2-4-8-20/h2-16,26H,1H3/b24-16-. The molecule has 0 saturated carbocycles. The minimum Gasteiger partial charge on any atom is -0.337 e. The fourth-order valence-electron chi connectivity index (χ4n) is 4.62. The van der Waals surface area contributed by atoms with E-state index in [9.17, 15) is 10.5 Å². The Bertz CT molecular complexity index is 1360. The second-order valence-electron chi connectivity index (χ2n) is 7.78. The minimum absolute atomic E-state index is 0.418. The quantitative estimate of drug-likeness (QED) is 0.417. The highest BCUT2D eigenvalue weighted by atomic mass is 15.0. The number of aryl methyl sites for hydroxylation is 1. The average Bonchev–Trinajstić information content (AvgIpc) is 3.30. The van der Waals surface area contributed by atoms with Crippen molar-refractivity contribution in [3.8, 4) is 12.1 Å². The molecule has 0 fully saturated rings. The molecule has 1 unspecified atom stereocenters. The number of rotatable bonds is 2. The van der Waals surface area contributed by atoms with Crippen molar-refractivity contribution in [2.24, 2.45) is 5.41 Å². The highest BCUT2D eigenvalue weighted by Gasteiger charge is 2.52. The van der Waals surface area contributed by atoms with E-state index in [4.69, 9.17) is 0 Å². The molecule has 0 bridgehead atoms. The predicted molar refractivity (Wildman–Crippen MR) is 119 cm³/mol. The van der Waals surface area contributed by atoms with Crippen LogP contribution in [0.4, 0.5) is 0 Å². The molecule has 0 radical (unpaired) electrons. The molecule has 1 aromatic heterocycles. The van der Waals surface area contributed by atoms with Gasteiger partial charge in [0.05, 0.1) is 18.2 Å². The summed E-state index contributed by atoms with van der Waals surface area (Å²) in [6, 6.07) is 30.6. The maximum absolute atomic E-state index is 10.4. The molecule has 0 saturated heterocycles. The predicted octanol–water partition coefficient (Wildman–Crippen LogP) is 6.13. The van der Waals surface area contributed by atoms with Gasteiger partial charge < -0.3 is 4.57 Å². The van der Waals surface area contributed by atoms with Crippen molar-refractivity contribution in [2.45, 2.75) is 13.0 Å². The van der Waals surface area contributed by atoms with Crippen molar-refractivity contribution in [3.05, 3.63) is 107 Å². The number of hydrogen-bond acceptors (Lipinski definition) is 2. The molecular formula is C27H19N3. The van der Waals surface area contributed by atoms with Gasteiger partial charge in [-0.15, -0.1) is 0 Å². The first-order valence-electron chi connectivity index (χ1n) is 9.94. The van der Waals surface area contributed by atoms with Crippen molar-refractivity contribution in [1.82, 2.24) is 4.57 Å². The summed E-state index contributed by atoms with van der Waals surface area (Å²) in [5.41, 5.74) is 4.58. The molecule has 3 nitrogen and oxygen atoms in total. The summed E-state index contributed by atoms with van der Waals surface area (Å²) in [4.78, 5) is 0. The van der Waals surface area contributed by atoms with Crippen LogP contribution in [-0.4, -0.2) is 4.57 Å². The van der Waals surface area contributed by atoms with Crippen LogP contribution >= 0.6 is 0 Å². The van der Waals surface area contributed by atoms with Gasteiger partial charge in [0.1, 0.15) is 0 Å². The molecular weight excluding hydrogens is 366 g/mol. The molecule has 30 heavy (non-hydrogen) atoms. The Kier molecular flexibility index (Phi) is 4.05. The Balaban J connectivity index is 1.82. The summed E-state index contributed by atoms with van der Waals surface area (Å²) in [6.07, 6.45) is 3.99. The van der Waals surface area contributed by atoms with Crippen LogP contribution in [0.25, 0.3) is 22.6 Å². The first kappa shape index (κ1) is 18.0. The first-order valence-corrected chi connectivity index (χ1v) is 9.94. The van der Waals surface area contributed by atoms with Gasteiger partial charge in [-0.25, -0.2) is 0 Å². The van der Waals surface area contributed by atoms with Crippen molar-refractivity contribution in [3.63, 3.8) is 0 Å². The summed E-state index contributed by atoms with van der Waals surface area (Å²) in [7, 11) is 0. The molecule has 0 amide bonds. The normalized spacial score (nSPS) is 18.1. The molecule has 0 spiro atoms. The Labute approximate surface area is 175 Å². The van der Waals surface area contributed by atoms with E-state index in [1.807, 2.05) is 66.9 Å². The zero-order valence-electron chi connectivity index (χ0n) is 16.6. The summed E-state index contributed by atoms with van der Waals surface area (Å²) in [6.45, 7) is 2.07. The van der Waals surface area contributed by atoms with Crippen LogP contribution in [0.5, 0.6) is 0 Å². The Morgan fingerprint density at radius 2 is 1.63 bits per heavy atom. The Morgan fingerprint density at radius 1 is 0.900 bits per heavy atom. The van der Waals surface area contributed by atoms with Gasteiger partial charge in [0, 0.05) is 11.7 Å². The van der Waals surface area contributed by atoms with Gasteiger partial charge in [0.25, 0.3) is 0 Å². The van der Waals surface area contributed by atoms with Gasteiger partial charge in [-0.05, 0) is 58.8 Å². The lowest BCUT2D eigenvalue weighted by atomic mass is 9.79.